The fraction of sp³-hybridized carbons (Fsp3) is 0.368. The van der Waals surface area contributed by atoms with Crippen molar-refractivity contribution in [2.75, 3.05) is 24.5 Å². The van der Waals surface area contributed by atoms with E-state index in [1.165, 1.54) is 17.1 Å². The number of hydroxylamine groups is 1. The predicted octanol–water partition coefficient (Wildman–Crippen LogP) is 2.21. The van der Waals surface area contributed by atoms with E-state index in [0.717, 1.165) is 49.5 Å². The summed E-state index contributed by atoms with van der Waals surface area (Å²) in [6.45, 7) is 3.55. The number of thiazole rings is 1. The maximum atomic E-state index is 11.3. The first-order valence-corrected chi connectivity index (χ1v) is 10.1. The van der Waals surface area contributed by atoms with Gasteiger partial charge in [0.15, 0.2) is 0 Å². The molecule has 0 spiro atoms. The van der Waals surface area contributed by atoms with Gasteiger partial charge in [0.2, 0.25) is 5.95 Å². The number of piperidine rings is 1. The topological polar surface area (TPSA) is 103 Å². The quantitative estimate of drug-likeness (QED) is 0.432. The van der Waals surface area contributed by atoms with Crippen LogP contribution in [-0.4, -0.2) is 45.7 Å². The molecule has 1 saturated heterocycles. The van der Waals surface area contributed by atoms with Gasteiger partial charge in [0.25, 0.3) is 5.91 Å². The maximum absolute atomic E-state index is 11.3. The van der Waals surface area contributed by atoms with Crippen LogP contribution >= 0.6 is 11.3 Å². The molecule has 2 aromatic heterocycles. The van der Waals surface area contributed by atoms with Crippen molar-refractivity contribution in [1.82, 2.24) is 25.7 Å². The highest BCUT2D eigenvalue weighted by Crippen LogP contribution is 2.22. The third-order valence-electron chi connectivity index (χ3n) is 4.95. The summed E-state index contributed by atoms with van der Waals surface area (Å²) >= 11 is 1.74. The smallest absolute Gasteiger partial charge is 0.277 e. The number of benzene rings is 1. The van der Waals surface area contributed by atoms with Gasteiger partial charge in [-0.2, -0.15) is 0 Å². The molecule has 0 bridgehead atoms. The van der Waals surface area contributed by atoms with Crippen molar-refractivity contribution in [1.29, 1.82) is 0 Å². The molecule has 3 heterocycles. The second-order valence-corrected chi connectivity index (χ2v) is 7.96. The van der Waals surface area contributed by atoms with Crippen molar-refractivity contribution in [3.63, 3.8) is 0 Å². The van der Waals surface area contributed by atoms with E-state index in [1.54, 1.807) is 16.8 Å². The van der Waals surface area contributed by atoms with Gasteiger partial charge in [-0.15, -0.1) is 11.3 Å². The Morgan fingerprint density at radius 2 is 1.96 bits per heavy atom. The van der Waals surface area contributed by atoms with E-state index in [0.29, 0.717) is 11.9 Å². The van der Waals surface area contributed by atoms with Gasteiger partial charge < -0.3 is 10.2 Å². The van der Waals surface area contributed by atoms with Crippen LogP contribution in [0.5, 0.6) is 0 Å². The van der Waals surface area contributed by atoms with Crippen LogP contribution in [-0.2, 0) is 6.54 Å². The van der Waals surface area contributed by atoms with Gasteiger partial charge in [0, 0.05) is 32.0 Å². The number of aromatic nitrogens is 3. The van der Waals surface area contributed by atoms with Crippen molar-refractivity contribution in [3.05, 3.63) is 47.2 Å². The zero-order valence-electron chi connectivity index (χ0n) is 15.3. The summed E-state index contributed by atoms with van der Waals surface area (Å²) in [6.07, 6.45) is 4.99. The second kappa shape index (κ2) is 8.59. The first kappa shape index (κ1) is 18.7. The van der Waals surface area contributed by atoms with Gasteiger partial charge in [-0.1, -0.05) is 12.1 Å². The van der Waals surface area contributed by atoms with E-state index in [-0.39, 0.29) is 5.56 Å². The number of amides is 1. The van der Waals surface area contributed by atoms with E-state index in [9.17, 15) is 4.79 Å². The van der Waals surface area contributed by atoms with Crippen molar-refractivity contribution in [2.24, 2.45) is 5.92 Å². The Kier molecular flexibility index (Phi) is 5.75. The molecule has 4 rings (SSSR count). The van der Waals surface area contributed by atoms with Crippen LogP contribution in [0.4, 0.5) is 5.95 Å². The van der Waals surface area contributed by atoms with Crippen LogP contribution in [0.1, 0.15) is 28.2 Å². The molecule has 3 N–H and O–H groups in total. The molecule has 8 nitrogen and oxygen atoms in total. The summed E-state index contributed by atoms with van der Waals surface area (Å²) in [6, 6.07) is 8.22. The zero-order chi connectivity index (χ0) is 19.3. The average molecular weight is 398 g/mol. The summed E-state index contributed by atoms with van der Waals surface area (Å²) in [5.41, 5.74) is 2.89. The van der Waals surface area contributed by atoms with Crippen LogP contribution in [0.3, 0.4) is 0 Å². The number of carbonyl (C=O) groups excluding carboxylic acids is 1. The lowest BCUT2D eigenvalue weighted by Gasteiger charge is -2.32. The molecular weight excluding hydrogens is 376 g/mol. The van der Waals surface area contributed by atoms with Crippen LogP contribution in [0.25, 0.3) is 10.2 Å². The Hall–Kier alpha value is -2.62. The average Bonchev–Trinajstić information content (AvgIpc) is 3.16. The lowest BCUT2D eigenvalue weighted by atomic mass is 9.97. The molecule has 9 heteroatoms. The minimum Gasteiger partial charge on any atom is -0.341 e. The van der Waals surface area contributed by atoms with E-state index >= 15 is 0 Å². The van der Waals surface area contributed by atoms with Crippen molar-refractivity contribution in [2.45, 2.75) is 19.4 Å². The Balaban J connectivity index is 1.23. The number of hydrogen-bond acceptors (Lipinski definition) is 8. The van der Waals surface area contributed by atoms with Gasteiger partial charge in [0.05, 0.1) is 15.8 Å². The van der Waals surface area contributed by atoms with Crippen LogP contribution in [0.15, 0.2) is 36.7 Å². The molecular formula is C19H22N6O2S. The van der Waals surface area contributed by atoms with Crippen LogP contribution < -0.4 is 15.7 Å². The number of rotatable bonds is 6. The minimum absolute atomic E-state index is 0.236. The molecule has 0 radical (unpaired) electrons. The standard InChI is InChI=1S/C19H22N6O2S/c26-18(24-27)14-10-21-19(22-11-14)25-7-5-13(6-8-25)9-20-12-17-23-15-3-1-2-4-16(15)28-17/h1-4,10-11,13,20,27H,5-9,12H2,(H,24,26). The number of fused-ring (bicyclic) bond motifs is 1. The van der Waals surface area contributed by atoms with Gasteiger partial charge in [-0.3, -0.25) is 10.0 Å². The molecule has 1 fully saturated rings. The van der Waals surface area contributed by atoms with Crippen molar-refractivity contribution < 1.29 is 10.0 Å². The van der Waals surface area contributed by atoms with Crippen LogP contribution in [0, 0.1) is 5.92 Å². The molecule has 1 aromatic carbocycles. The third kappa shape index (κ3) is 4.27. The number of anilines is 1. The Morgan fingerprint density at radius 1 is 1.21 bits per heavy atom. The molecule has 0 unspecified atom stereocenters. The molecule has 146 valence electrons. The summed E-state index contributed by atoms with van der Waals surface area (Å²) in [7, 11) is 0. The summed E-state index contributed by atoms with van der Waals surface area (Å²) in [4.78, 5) is 26.6. The van der Waals surface area contributed by atoms with Crippen LogP contribution in [0.2, 0.25) is 0 Å². The van der Waals surface area contributed by atoms with Crippen molar-refractivity contribution >= 4 is 33.4 Å². The monoisotopic (exact) mass is 398 g/mol. The lowest BCUT2D eigenvalue weighted by molar-refractivity contribution is 0.0705. The highest BCUT2D eigenvalue weighted by Gasteiger charge is 2.21. The van der Waals surface area contributed by atoms with E-state index in [4.69, 9.17) is 5.21 Å². The Morgan fingerprint density at radius 3 is 2.68 bits per heavy atom. The number of hydrogen-bond donors (Lipinski definition) is 3. The van der Waals surface area contributed by atoms with E-state index in [2.05, 4.69) is 37.3 Å². The normalized spacial score (nSPS) is 15.1. The summed E-state index contributed by atoms with van der Waals surface area (Å²) in [5, 5.41) is 13.3. The highest BCUT2D eigenvalue weighted by molar-refractivity contribution is 7.18. The summed E-state index contributed by atoms with van der Waals surface area (Å²) < 4.78 is 1.23. The highest BCUT2D eigenvalue weighted by atomic mass is 32.1. The molecule has 0 saturated carbocycles. The predicted molar refractivity (Wildman–Crippen MR) is 108 cm³/mol. The first-order chi connectivity index (χ1) is 13.7. The molecule has 0 aliphatic carbocycles. The Bertz CT molecular complexity index is 904. The largest absolute Gasteiger partial charge is 0.341 e. The molecule has 1 amide bonds. The summed E-state index contributed by atoms with van der Waals surface area (Å²) in [5.74, 6) is 0.630. The second-order valence-electron chi connectivity index (χ2n) is 6.85. The van der Waals surface area contributed by atoms with Gasteiger partial charge >= 0.3 is 0 Å². The van der Waals surface area contributed by atoms with Gasteiger partial charge in [-0.25, -0.2) is 20.4 Å². The van der Waals surface area contributed by atoms with Gasteiger partial charge in [-0.05, 0) is 37.4 Å². The third-order valence-corrected chi connectivity index (χ3v) is 5.98. The van der Waals surface area contributed by atoms with E-state index < -0.39 is 5.91 Å². The fourth-order valence-electron chi connectivity index (χ4n) is 3.38. The molecule has 3 aromatic rings. The number of carbonyl (C=O) groups is 1. The minimum atomic E-state index is -0.607. The molecule has 1 aliphatic heterocycles. The first-order valence-electron chi connectivity index (χ1n) is 9.29. The zero-order valence-corrected chi connectivity index (χ0v) is 16.2. The molecule has 1 aliphatic rings. The molecule has 28 heavy (non-hydrogen) atoms. The van der Waals surface area contributed by atoms with E-state index in [1.807, 2.05) is 12.1 Å². The Labute approximate surface area is 166 Å². The SMILES string of the molecule is O=C(NO)c1cnc(N2CCC(CNCc3nc4ccccc4s3)CC2)nc1. The van der Waals surface area contributed by atoms with Crippen molar-refractivity contribution in [3.8, 4) is 0 Å². The number of nitrogens with zero attached hydrogens (tertiary/aromatic N) is 4. The number of para-hydroxylation sites is 1. The maximum Gasteiger partial charge on any atom is 0.277 e. The fourth-order valence-corrected chi connectivity index (χ4v) is 4.32. The lowest BCUT2D eigenvalue weighted by Crippen LogP contribution is -2.38. The number of nitrogens with one attached hydrogen (secondary N) is 2. The molecule has 0 atom stereocenters. The van der Waals surface area contributed by atoms with Gasteiger partial charge in [0.1, 0.15) is 5.01 Å².